The van der Waals surface area contributed by atoms with E-state index in [1.54, 1.807) is 23.1 Å². The molecule has 0 bridgehead atoms. The van der Waals surface area contributed by atoms with Crippen molar-refractivity contribution >= 4 is 17.6 Å². The largest absolute Gasteiger partial charge is 0.481 e. The molecule has 3 rings (SSSR count). The Morgan fingerprint density at radius 1 is 1.26 bits per heavy atom. The van der Waals surface area contributed by atoms with Crippen LogP contribution in [0.15, 0.2) is 24.3 Å². The van der Waals surface area contributed by atoms with Crippen LogP contribution in [0.25, 0.3) is 0 Å². The van der Waals surface area contributed by atoms with E-state index in [4.69, 9.17) is 9.47 Å². The van der Waals surface area contributed by atoms with Crippen molar-refractivity contribution in [3.8, 4) is 0 Å². The van der Waals surface area contributed by atoms with E-state index in [2.05, 4.69) is 0 Å². The van der Waals surface area contributed by atoms with E-state index in [1.807, 2.05) is 6.07 Å². The normalized spacial score (nSPS) is 21.2. The number of carboxylic acid groups (broad SMARTS) is 1. The van der Waals surface area contributed by atoms with E-state index < -0.39 is 11.9 Å². The summed E-state index contributed by atoms with van der Waals surface area (Å²) in [7, 11) is 0. The molecule has 0 radical (unpaired) electrons. The topological polar surface area (TPSA) is 76.1 Å². The molecule has 0 saturated carbocycles. The minimum absolute atomic E-state index is 0.0896. The van der Waals surface area contributed by atoms with Gasteiger partial charge in [0.1, 0.15) is 5.92 Å². The van der Waals surface area contributed by atoms with Crippen molar-refractivity contribution in [1.82, 2.24) is 0 Å². The van der Waals surface area contributed by atoms with E-state index in [0.717, 1.165) is 12.8 Å². The zero-order valence-corrected chi connectivity index (χ0v) is 12.9. The first-order chi connectivity index (χ1) is 11.2. The van der Waals surface area contributed by atoms with E-state index in [0.29, 0.717) is 31.1 Å². The lowest BCUT2D eigenvalue weighted by Crippen LogP contribution is -2.32. The highest BCUT2D eigenvalue weighted by Gasteiger charge is 2.36. The molecule has 6 nitrogen and oxygen atoms in total. The number of benzene rings is 1. The summed E-state index contributed by atoms with van der Waals surface area (Å²) in [5.74, 6) is -1.63. The lowest BCUT2D eigenvalue weighted by Gasteiger charge is -2.23. The Kier molecular flexibility index (Phi) is 4.93. The van der Waals surface area contributed by atoms with Gasteiger partial charge in [-0.15, -0.1) is 0 Å². The molecule has 1 N–H and O–H groups in total. The van der Waals surface area contributed by atoms with Crippen LogP contribution in [0.3, 0.4) is 0 Å². The number of para-hydroxylation sites is 1. The molecule has 0 aromatic heterocycles. The van der Waals surface area contributed by atoms with Crippen molar-refractivity contribution in [1.29, 1.82) is 0 Å². The van der Waals surface area contributed by atoms with Crippen LogP contribution in [0.2, 0.25) is 0 Å². The Morgan fingerprint density at radius 3 is 2.74 bits per heavy atom. The Labute approximate surface area is 135 Å². The quantitative estimate of drug-likeness (QED) is 0.895. The van der Waals surface area contributed by atoms with Gasteiger partial charge in [-0.1, -0.05) is 18.2 Å². The molecule has 0 aliphatic carbocycles. The predicted octanol–water partition coefficient (Wildman–Crippen LogP) is 1.79. The zero-order valence-electron chi connectivity index (χ0n) is 12.9. The molecule has 0 spiro atoms. The average molecular weight is 319 g/mol. The molecule has 2 aliphatic rings. The minimum atomic E-state index is -0.897. The molecule has 124 valence electrons. The summed E-state index contributed by atoms with van der Waals surface area (Å²) in [5.41, 5.74) is 1.41. The van der Waals surface area contributed by atoms with E-state index in [9.17, 15) is 14.7 Å². The first kappa shape index (κ1) is 16.0. The van der Waals surface area contributed by atoms with Gasteiger partial charge in [-0.3, -0.25) is 9.59 Å². The number of carbonyl (C=O) groups excluding carboxylic acids is 1. The maximum atomic E-state index is 12.4. The fourth-order valence-electron chi connectivity index (χ4n) is 3.15. The second-order valence-electron chi connectivity index (χ2n) is 5.89. The Hall–Kier alpha value is -1.92. The number of anilines is 1. The van der Waals surface area contributed by atoms with Gasteiger partial charge in [0.05, 0.1) is 19.1 Å². The van der Waals surface area contributed by atoms with Gasteiger partial charge in [-0.25, -0.2) is 0 Å². The molecule has 1 fully saturated rings. The molecule has 2 aliphatic heterocycles. The summed E-state index contributed by atoms with van der Waals surface area (Å²) in [6.45, 7) is 1.97. The number of hydrogen-bond acceptors (Lipinski definition) is 4. The number of fused-ring (bicyclic) bond motifs is 1. The molecule has 6 heteroatoms. The van der Waals surface area contributed by atoms with Crippen molar-refractivity contribution in [3.05, 3.63) is 29.8 Å². The van der Waals surface area contributed by atoms with Gasteiger partial charge >= 0.3 is 5.97 Å². The number of carboxylic acids is 1. The van der Waals surface area contributed by atoms with Crippen molar-refractivity contribution in [2.45, 2.75) is 31.3 Å². The number of rotatable bonds is 5. The molecule has 1 unspecified atom stereocenters. The maximum absolute atomic E-state index is 12.4. The van der Waals surface area contributed by atoms with Crippen LogP contribution in [0.4, 0.5) is 5.69 Å². The highest BCUT2D eigenvalue weighted by atomic mass is 16.5. The van der Waals surface area contributed by atoms with Crippen molar-refractivity contribution < 1.29 is 24.2 Å². The van der Waals surface area contributed by atoms with Crippen LogP contribution >= 0.6 is 0 Å². The second-order valence-corrected chi connectivity index (χ2v) is 5.89. The lowest BCUT2D eigenvalue weighted by molar-refractivity contribution is -0.138. The van der Waals surface area contributed by atoms with E-state index >= 15 is 0 Å². The molecular formula is C17H21NO5. The first-order valence-electron chi connectivity index (χ1n) is 7.98. The van der Waals surface area contributed by atoms with Gasteiger partial charge in [0.15, 0.2) is 0 Å². The summed E-state index contributed by atoms with van der Waals surface area (Å²) in [4.78, 5) is 25.4. The van der Waals surface area contributed by atoms with Crippen LogP contribution < -0.4 is 4.90 Å². The Bertz CT molecular complexity index is 582. The lowest BCUT2D eigenvalue weighted by atomic mass is 10.0. The SMILES string of the molecule is O=C(O)C1CN(C(=O)CCOC2CCOCC2)c2ccccc21. The monoisotopic (exact) mass is 319 g/mol. The van der Waals surface area contributed by atoms with Crippen LogP contribution in [0.5, 0.6) is 0 Å². The Balaban J connectivity index is 1.58. The molecular weight excluding hydrogens is 298 g/mol. The van der Waals surface area contributed by atoms with Crippen LogP contribution in [0, 0.1) is 0 Å². The summed E-state index contributed by atoms with van der Waals surface area (Å²) in [6.07, 6.45) is 2.15. The predicted molar refractivity (Wildman–Crippen MR) is 83.6 cm³/mol. The first-order valence-corrected chi connectivity index (χ1v) is 7.98. The second kappa shape index (κ2) is 7.10. The maximum Gasteiger partial charge on any atom is 0.312 e. The van der Waals surface area contributed by atoms with E-state index in [1.165, 1.54) is 0 Å². The van der Waals surface area contributed by atoms with Crippen molar-refractivity contribution in [2.24, 2.45) is 0 Å². The number of ether oxygens (including phenoxy) is 2. The summed E-state index contributed by atoms with van der Waals surface area (Å²) in [6, 6.07) is 7.20. The standard InChI is InChI=1S/C17H21NO5/c19-16(7-10-23-12-5-8-22-9-6-12)18-11-14(17(20)21)13-3-1-2-4-15(13)18/h1-4,12,14H,5-11H2,(H,20,21). The number of hydrogen-bond donors (Lipinski definition) is 1. The van der Waals surface area contributed by atoms with Gasteiger partial charge in [0, 0.05) is 25.4 Å². The van der Waals surface area contributed by atoms with Crippen LogP contribution in [-0.4, -0.2) is 49.5 Å². The number of nitrogens with zero attached hydrogens (tertiary/aromatic N) is 1. The molecule has 2 heterocycles. The fraction of sp³-hybridized carbons (Fsp3) is 0.529. The van der Waals surface area contributed by atoms with Gasteiger partial charge < -0.3 is 19.5 Å². The third-order valence-corrected chi connectivity index (χ3v) is 4.41. The molecule has 1 saturated heterocycles. The average Bonchev–Trinajstić information content (AvgIpc) is 2.96. The summed E-state index contributed by atoms with van der Waals surface area (Å²) >= 11 is 0. The highest BCUT2D eigenvalue weighted by Crippen LogP contribution is 2.36. The summed E-state index contributed by atoms with van der Waals surface area (Å²) < 4.78 is 11.0. The van der Waals surface area contributed by atoms with Gasteiger partial charge in [0.2, 0.25) is 5.91 Å². The Morgan fingerprint density at radius 2 is 2.00 bits per heavy atom. The fourth-order valence-corrected chi connectivity index (χ4v) is 3.15. The molecule has 1 atom stereocenters. The third-order valence-electron chi connectivity index (χ3n) is 4.41. The minimum Gasteiger partial charge on any atom is -0.481 e. The third kappa shape index (κ3) is 3.54. The smallest absolute Gasteiger partial charge is 0.312 e. The molecule has 1 aromatic rings. The van der Waals surface area contributed by atoms with Crippen molar-refractivity contribution in [2.75, 3.05) is 31.3 Å². The van der Waals surface area contributed by atoms with Gasteiger partial charge in [0.25, 0.3) is 0 Å². The zero-order chi connectivity index (χ0) is 16.2. The number of amides is 1. The van der Waals surface area contributed by atoms with Crippen LogP contribution in [-0.2, 0) is 19.1 Å². The van der Waals surface area contributed by atoms with Crippen LogP contribution in [0.1, 0.15) is 30.7 Å². The highest BCUT2D eigenvalue weighted by molar-refractivity contribution is 5.98. The molecule has 23 heavy (non-hydrogen) atoms. The summed E-state index contributed by atoms with van der Waals surface area (Å²) in [5, 5.41) is 9.33. The van der Waals surface area contributed by atoms with Gasteiger partial charge in [-0.2, -0.15) is 0 Å². The molecule has 1 aromatic carbocycles. The number of carbonyl (C=O) groups is 2. The molecule has 1 amide bonds. The van der Waals surface area contributed by atoms with Crippen molar-refractivity contribution in [3.63, 3.8) is 0 Å². The van der Waals surface area contributed by atoms with E-state index in [-0.39, 0.29) is 25.0 Å². The van der Waals surface area contributed by atoms with Gasteiger partial charge in [-0.05, 0) is 24.5 Å². The number of aliphatic carboxylic acids is 1.